The molecule has 1 rings (SSSR count). The fourth-order valence-corrected chi connectivity index (χ4v) is 3.13. The minimum absolute atomic E-state index is 0.0253. The molecule has 0 aliphatic carbocycles. The molecule has 0 saturated heterocycles. The van der Waals surface area contributed by atoms with Crippen LogP contribution in [0.2, 0.25) is 0 Å². The van der Waals surface area contributed by atoms with Gasteiger partial charge < -0.3 is 39.3 Å². The highest BCUT2D eigenvalue weighted by atomic mass is 16.7. The Labute approximate surface area is 203 Å². The van der Waals surface area contributed by atoms with Crippen LogP contribution >= 0.6 is 0 Å². The smallest absolute Gasteiger partial charge is 0.480 e. The molecule has 4 atom stereocenters. The normalized spacial score (nSPS) is 14.2. The van der Waals surface area contributed by atoms with Crippen LogP contribution in [-0.2, 0) is 23.7 Å². The second-order valence-corrected chi connectivity index (χ2v) is 7.76. The van der Waals surface area contributed by atoms with Crippen LogP contribution < -0.4 is 15.2 Å². The SMILES string of the molecule is CCOC(=O)Oc1ccc(C(C(C)C(C)OC(=O)OC(C)C)[C@@H](N)C(=O)O)cc1OC(=O)OCC. The van der Waals surface area contributed by atoms with Crippen LogP contribution in [0.1, 0.15) is 53.0 Å². The largest absolute Gasteiger partial charge is 0.513 e. The molecular formula is C23H33NO11. The zero-order valence-corrected chi connectivity index (χ0v) is 20.6. The number of carboxylic acids is 1. The molecule has 0 bridgehead atoms. The summed E-state index contributed by atoms with van der Waals surface area (Å²) in [6.07, 6.45) is -4.23. The van der Waals surface area contributed by atoms with Gasteiger partial charge >= 0.3 is 24.4 Å². The molecule has 0 spiro atoms. The molecule has 196 valence electrons. The van der Waals surface area contributed by atoms with Gasteiger partial charge in [-0.15, -0.1) is 0 Å². The van der Waals surface area contributed by atoms with E-state index in [9.17, 15) is 24.3 Å². The summed E-state index contributed by atoms with van der Waals surface area (Å²) >= 11 is 0. The third kappa shape index (κ3) is 9.32. The number of benzene rings is 1. The minimum Gasteiger partial charge on any atom is -0.480 e. The number of carboxylic acid groups (broad SMARTS) is 1. The lowest BCUT2D eigenvalue weighted by Gasteiger charge is -2.31. The summed E-state index contributed by atoms with van der Waals surface area (Å²) in [5, 5.41) is 9.61. The van der Waals surface area contributed by atoms with Gasteiger partial charge in [0.1, 0.15) is 12.1 Å². The highest BCUT2D eigenvalue weighted by Gasteiger charge is 2.36. The van der Waals surface area contributed by atoms with Gasteiger partial charge in [-0.1, -0.05) is 13.0 Å². The third-order valence-electron chi connectivity index (χ3n) is 4.86. The molecule has 12 nitrogen and oxygen atoms in total. The highest BCUT2D eigenvalue weighted by molar-refractivity contribution is 5.75. The number of nitrogens with two attached hydrogens (primary N) is 1. The van der Waals surface area contributed by atoms with Gasteiger partial charge in [-0.3, -0.25) is 4.79 Å². The lowest BCUT2D eigenvalue weighted by molar-refractivity contribution is -0.139. The van der Waals surface area contributed by atoms with Gasteiger partial charge in [-0.25, -0.2) is 14.4 Å². The van der Waals surface area contributed by atoms with Gasteiger partial charge in [0.25, 0.3) is 0 Å². The van der Waals surface area contributed by atoms with E-state index in [0.29, 0.717) is 5.56 Å². The van der Waals surface area contributed by atoms with Crippen LogP contribution in [0.3, 0.4) is 0 Å². The molecule has 35 heavy (non-hydrogen) atoms. The Balaban J connectivity index is 3.39. The molecule has 0 radical (unpaired) electrons. The number of aliphatic carboxylic acids is 1. The number of carbonyl (C=O) groups excluding carboxylic acids is 3. The van der Waals surface area contributed by atoms with E-state index in [0.717, 1.165) is 0 Å². The lowest BCUT2D eigenvalue weighted by atomic mass is 9.79. The van der Waals surface area contributed by atoms with Crippen LogP contribution in [0.5, 0.6) is 11.5 Å². The number of carbonyl (C=O) groups is 4. The highest BCUT2D eigenvalue weighted by Crippen LogP contribution is 2.37. The topological polar surface area (TPSA) is 170 Å². The second kappa shape index (κ2) is 14.0. The van der Waals surface area contributed by atoms with Crippen LogP contribution in [0, 0.1) is 5.92 Å². The summed E-state index contributed by atoms with van der Waals surface area (Å²) in [4.78, 5) is 47.5. The number of ether oxygens (including phenoxy) is 6. The van der Waals surface area contributed by atoms with Gasteiger partial charge in [0, 0.05) is 11.8 Å². The van der Waals surface area contributed by atoms with Crippen molar-refractivity contribution in [3.8, 4) is 11.5 Å². The summed E-state index contributed by atoms with van der Waals surface area (Å²) in [5.74, 6) is -3.25. The van der Waals surface area contributed by atoms with Gasteiger partial charge in [-0.2, -0.15) is 0 Å². The molecule has 1 aromatic rings. The summed E-state index contributed by atoms with van der Waals surface area (Å²) in [6, 6.07) is 2.63. The van der Waals surface area contributed by atoms with E-state index in [-0.39, 0.29) is 24.7 Å². The van der Waals surface area contributed by atoms with Gasteiger partial charge in [0.15, 0.2) is 11.5 Å². The molecule has 0 heterocycles. The van der Waals surface area contributed by atoms with Crippen LogP contribution in [0.25, 0.3) is 0 Å². The van der Waals surface area contributed by atoms with Crippen LogP contribution in [0.15, 0.2) is 18.2 Å². The molecule has 0 saturated carbocycles. The first-order valence-corrected chi connectivity index (χ1v) is 11.1. The van der Waals surface area contributed by atoms with Crippen LogP contribution in [-0.4, -0.2) is 61.0 Å². The molecule has 0 aliphatic rings. The third-order valence-corrected chi connectivity index (χ3v) is 4.86. The zero-order chi connectivity index (χ0) is 26.7. The van der Waals surface area contributed by atoms with Crippen molar-refractivity contribution in [3.05, 3.63) is 23.8 Å². The maximum Gasteiger partial charge on any atom is 0.513 e. The first kappa shape index (κ1) is 29.5. The maximum atomic E-state index is 11.9. The predicted octanol–water partition coefficient (Wildman–Crippen LogP) is 3.84. The van der Waals surface area contributed by atoms with E-state index in [1.54, 1.807) is 41.5 Å². The molecule has 12 heteroatoms. The second-order valence-electron chi connectivity index (χ2n) is 7.76. The van der Waals surface area contributed by atoms with E-state index >= 15 is 0 Å². The maximum absolute atomic E-state index is 11.9. The fraction of sp³-hybridized carbons (Fsp3) is 0.565. The van der Waals surface area contributed by atoms with Crippen molar-refractivity contribution >= 4 is 24.4 Å². The van der Waals surface area contributed by atoms with Crippen molar-refractivity contribution in [2.45, 2.75) is 65.7 Å². The summed E-state index contributed by atoms with van der Waals surface area (Å²) < 4.78 is 30.0. The van der Waals surface area contributed by atoms with Crippen molar-refractivity contribution in [3.63, 3.8) is 0 Å². The van der Waals surface area contributed by atoms with Crippen LogP contribution in [0.4, 0.5) is 14.4 Å². The Hall–Kier alpha value is -3.54. The van der Waals surface area contributed by atoms with E-state index in [2.05, 4.69) is 0 Å². The zero-order valence-electron chi connectivity index (χ0n) is 20.6. The standard InChI is InChI=1S/C23H33NO11/c1-7-30-21(27)34-16-10-9-15(11-17(16)35-22(28)31-8-2)18(19(24)20(25)26)13(5)14(6)33-23(29)32-12(3)4/h9-14,18-19H,7-8,24H2,1-6H3,(H,25,26)/t13?,14?,18?,19-/m1/s1. The molecular weight excluding hydrogens is 466 g/mol. The summed E-state index contributed by atoms with van der Waals surface area (Å²) in [6.45, 7) is 9.76. The summed E-state index contributed by atoms with van der Waals surface area (Å²) in [7, 11) is 0. The molecule has 3 unspecified atom stereocenters. The van der Waals surface area contributed by atoms with E-state index < -0.39 is 54.5 Å². The van der Waals surface area contributed by atoms with Crippen molar-refractivity contribution in [1.82, 2.24) is 0 Å². The minimum atomic E-state index is -1.43. The number of hydrogen-bond donors (Lipinski definition) is 2. The molecule has 0 aliphatic heterocycles. The van der Waals surface area contributed by atoms with Crippen molar-refractivity contribution < 1.29 is 52.7 Å². The Morgan fingerprint density at radius 3 is 1.89 bits per heavy atom. The van der Waals surface area contributed by atoms with Gasteiger partial charge in [-0.05, 0) is 52.3 Å². The molecule has 0 fully saturated rings. The quantitative estimate of drug-likeness (QED) is 0.256. The molecule has 1 aromatic carbocycles. The van der Waals surface area contributed by atoms with E-state index in [1.807, 2.05) is 0 Å². The molecule has 0 aromatic heterocycles. The lowest BCUT2D eigenvalue weighted by Crippen LogP contribution is -2.42. The van der Waals surface area contributed by atoms with Gasteiger partial charge in [0.05, 0.1) is 19.3 Å². The Morgan fingerprint density at radius 2 is 1.40 bits per heavy atom. The molecule has 0 amide bonds. The first-order chi connectivity index (χ1) is 16.4. The van der Waals surface area contributed by atoms with E-state index in [4.69, 9.17) is 34.2 Å². The fourth-order valence-electron chi connectivity index (χ4n) is 3.13. The summed E-state index contributed by atoms with van der Waals surface area (Å²) in [5.41, 5.74) is 6.31. The Bertz CT molecular complexity index is 886. The monoisotopic (exact) mass is 499 g/mol. The van der Waals surface area contributed by atoms with Crippen molar-refractivity contribution in [2.75, 3.05) is 13.2 Å². The number of rotatable bonds is 11. The average Bonchev–Trinajstić information content (AvgIpc) is 2.74. The Kier molecular flexibility index (Phi) is 11.8. The van der Waals surface area contributed by atoms with E-state index in [1.165, 1.54) is 18.2 Å². The first-order valence-electron chi connectivity index (χ1n) is 11.1. The van der Waals surface area contributed by atoms with Gasteiger partial charge in [0.2, 0.25) is 0 Å². The average molecular weight is 500 g/mol. The van der Waals surface area contributed by atoms with Crippen molar-refractivity contribution in [1.29, 1.82) is 0 Å². The van der Waals surface area contributed by atoms with Crippen molar-refractivity contribution in [2.24, 2.45) is 11.7 Å². The predicted molar refractivity (Wildman–Crippen MR) is 121 cm³/mol. The number of hydrogen-bond acceptors (Lipinski definition) is 11. The Morgan fingerprint density at radius 1 is 0.857 bits per heavy atom. The molecule has 3 N–H and O–H groups in total.